The fraction of sp³-hybridized carbons (Fsp3) is 1.00. The van der Waals surface area contributed by atoms with Crippen LogP contribution in [0.15, 0.2) is 0 Å². The predicted molar refractivity (Wildman–Crippen MR) is 75.2 cm³/mol. The zero-order valence-electron chi connectivity index (χ0n) is 12.1. The molecule has 0 radical (unpaired) electrons. The van der Waals surface area contributed by atoms with Crippen molar-refractivity contribution >= 4 is 0 Å². The Hall–Kier alpha value is -0.0400. The Balaban J connectivity index is 1.82. The SMILES string of the molecule is CCNC(CC1CCC1)C1CCC(C)(C)CC1. The molecule has 0 spiro atoms. The molecule has 0 aromatic rings. The molecule has 2 saturated carbocycles. The van der Waals surface area contributed by atoms with Crippen molar-refractivity contribution in [2.75, 3.05) is 6.54 Å². The van der Waals surface area contributed by atoms with Gasteiger partial charge in [-0.2, -0.15) is 0 Å². The first-order valence-corrected chi connectivity index (χ1v) is 7.84. The van der Waals surface area contributed by atoms with E-state index < -0.39 is 0 Å². The van der Waals surface area contributed by atoms with Gasteiger partial charge < -0.3 is 5.32 Å². The highest BCUT2D eigenvalue weighted by Gasteiger charge is 2.32. The van der Waals surface area contributed by atoms with Gasteiger partial charge in [-0.1, -0.05) is 40.0 Å². The number of nitrogens with one attached hydrogen (secondary N) is 1. The van der Waals surface area contributed by atoms with Crippen LogP contribution in [0.1, 0.15) is 72.1 Å². The molecule has 100 valence electrons. The minimum Gasteiger partial charge on any atom is -0.314 e. The summed E-state index contributed by atoms with van der Waals surface area (Å²) in [4.78, 5) is 0. The van der Waals surface area contributed by atoms with Crippen LogP contribution in [-0.2, 0) is 0 Å². The van der Waals surface area contributed by atoms with Gasteiger partial charge in [-0.05, 0) is 55.9 Å². The smallest absolute Gasteiger partial charge is 0.00978 e. The quantitative estimate of drug-likeness (QED) is 0.748. The van der Waals surface area contributed by atoms with Crippen molar-refractivity contribution in [1.82, 2.24) is 5.32 Å². The first-order chi connectivity index (χ1) is 8.11. The zero-order chi connectivity index (χ0) is 12.3. The first kappa shape index (κ1) is 13.4. The molecule has 1 nitrogen and oxygen atoms in total. The number of rotatable bonds is 5. The van der Waals surface area contributed by atoms with Crippen LogP contribution in [0.4, 0.5) is 0 Å². The molecular weight excluding hydrogens is 206 g/mol. The molecule has 1 unspecified atom stereocenters. The largest absolute Gasteiger partial charge is 0.314 e. The Labute approximate surface area is 108 Å². The van der Waals surface area contributed by atoms with E-state index in [-0.39, 0.29) is 0 Å². The monoisotopic (exact) mass is 237 g/mol. The number of hydrogen-bond acceptors (Lipinski definition) is 1. The summed E-state index contributed by atoms with van der Waals surface area (Å²) in [5.74, 6) is 2.01. The molecule has 0 heterocycles. The summed E-state index contributed by atoms with van der Waals surface area (Å²) in [6.07, 6.45) is 11.7. The highest BCUT2D eigenvalue weighted by molar-refractivity contribution is 4.87. The van der Waals surface area contributed by atoms with Gasteiger partial charge in [0.2, 0.25) is 0 Å². The molecule has 2 aliphatic carbocycles. The number of hydrogen-bond donors (Lipinski definition) is 1. The third kappa shape index (κ3) is 3.71. The Morgan fingerprint density at radius 3 is 2.24 bits per heavy atom. The maximum Gasteiger partial charge on any atom is 0.00978 e. The second-order valence-corrected chi connectivity index (χ2v) is 7.20. The van der Waals surface area contributed by atoms with E-state index >= 15 is 0 Å². The Morgan fingerprint density at radius 1 is 1.12 bits per heavy atom. The second kappa shape index (κ2) is 5.73. The van der Waals surface area contributed by atoms with E-state index in [1.807, 2.05) is 0 Å². The fourth-order valence-corrected chi connectivity index (χ4v) is 3.62. The minimum absolute atomic E-state index is 0.615. The summed E-state index contributed by atoms with van der Waals surface area (Å²) in [5, 5.41) is 3.78. The summed E-state index contributed by atoms with van der Waals surface area (Å²) < 4.78 is 0. The van der Waals surface area contributed by atoms with Crippen molar-refractivity contribution < 1.29 is 0 Å². The molecule has 17 heavy (non-hydrogen) atoms. The third-order valence-corrected chi connectivity index (χ3v) is 5.23. The van der Waals surface area contributed by atoms with Gasteiger partial charge in [0.25, 0.3) is 0 Å². The minimum atomic E-state index is 0.615. The Bertz CT molecular complexity index is 220. The van der Waals surface area contributed by atoms with E-state index in [1.165, 1.54) is 51.4 Å². The van der Waals surface area contributed by atoms with Crippen LogP contribution in [0.5, 0.6) is 0 Å². The molecular formula is C16H31N. The molecule has 0 saturated heterocycles. The van der Waals surface area contributed by atoms with E-state index in [2.05, 4.69) is 26.1 Å². The first-order valence-electron chi connectivity index (χ1n) is 7.84. The fourth-order valence-electron chi connectivity index (χ4n) is 3.62. The summed E-state index contributed by atoms with van der Waals surface area (Å²) >= 11 is 0. The van der Waals surface area contributed by atoms with E-state index in [0.29, 0.717) is 5.41 Å². The van der Waals surface area contributed by atoms with Gasteiger partial charge in [0.15, 0.2) is 0 Å². The van der Waals surface area contributed by atoms with Crippen molar-refractivity contribution in [2.45, 2.75) is 78.2 Å². The molecule has 2 rings (SSSR count). The van der Waals surface area contributed by atoms with Crippen LogP contribution in [0.2, 0.25) is 0 Å². The standard InChI is InChI=1S/C16H31N/c1-4-17-15(12-13-6-5-7-13)14-8-10-16(2,3)11-9-14/h13-15,17H,4-12H2,1-3H3. The molecule has 2 fully saturated rings. The van der Waals surface area contributed by atoms with E-state index in [4.69, 9.17) is 0 Å². The van der Waals surface area contributed by atoms with Gasteiger partial charge in [-0.3, -0.25) is 0 Å². The Morgan fingerprint density at radius 2 is 1.76 bits per heavy atom. The summed E-state index contributed by atoms with van der Waals surface area (Å²) in [7, 11) is 0. The van der Waals surface area contributed by atoms with Gasteiger partial charge >= 0.3 is 0 Å². The molecule has 1 N–H and O–H groups in total. The van der Waals surface area contributed by atoms with Gasteiger partial charge in [0.05, 0.1) is 0 Å². The van der Waals surface area contributed by atoms with Gasteiger partial charge in [0.1, 0.15) is 0 Å². The van der Waals surface area contributed by atoms with E-state index in [1.54, 1.807) is 0 Å². The molecule has 2 aliphatic rings. The van der Waals surface area contributed by atoms with Crippen molar-refractivity contribution in [2.24, 2.45) is 17.3 Å². The molecule has 0 amide bonds. The molecule has 0 aromatic carbocycles. The molecule has 1 heteroatoms. The third-order valence-electron chi connectivity index (χ3n) is 5.23. The van der Waals surface area contributed by atoms with Crippen LogP contribution >= 0.6 is 0 Å². The average molecular weight is 237 g/mol. The van der Waals surface area contributed by atoms with E-state index in [0.717, 1.165) is 24.4 Å². The highest BCUT2D eigenvalue weighted by Crippen LogP contribution is 2.41. The lowest BCUT2D eigenvalue weighted by Crippen LogP contribution is -2.41. The van der Waals surface area contributed by atoms with Crippen molar-refractivity contribution in [3.8, 4) is 0 Å². The summed E-state index contributed by atoms with van der Waals surface area (Å²) in [6, 6.07) is 0.821. The molecule has 0 aliphatic heterocycles. The lowest BCUT2D eigenvalue weighted by molar-refractivity contribution is 0.138. The van der Waals surface area contributed by atoms with Crippen LogP contribution in [0, 0.1) is 17.3 Å². The summed E-state index contributed by atoms with van der Waals surface area (Å²) in [5.41, 5.74) is 0.615. The van der Waals surface area contributed by atoms with Crippen LogP contribution < -0.4 is 5.32 Å². The Kier molecular flexibility index (Phi) is 4.52. The maximum absolute atomic E-state index is 3.78. The zero-order valence-corrected chi connectivity index (χ0v) is 12.1. The topological polar surface area (TPSA) is 12.0 Å². The molecule has 0 aromatic heterocycles. The molecule has 1 atom stereocenters. The van der Waals surface area contributed by atoms with Crippen molar-refractivity contribution in [3.63, 3.8) is 0 Å². The maximum atomic E-state index is 3.78. The lowest BCUT2D eigenvalue weighted by atomic mass is 9.69. The predicted octanol–water partition coefficient (Wildman–Crippen LogP) is 4.37. The van der Waals surface area contributed by atoms with Crippen LogP contribution in [-0.4, -0.2) is 12.6 Å². The lowest BCUT2D eigenvalue weighted by Gasteiger charge is -2.40. The van der Waals surface area contributed by atoms with Crippen LogP contribution in [0.3, 0.4) is 0 Å². The average Bonchev–Trinajstić information content (AvgIpc) is 2.22. The van der Waals surface area contributed by atoms with E-state index in [9.17, 15) is 0 Å². The highest BCUT2D eigenvalue weighted by atomic mass is 14.9. The van der Waals surface area contributed by atoms with Gasteiger partial charge in [-0.25, -0.2) is 0 Å². The second-order valence-electron chi connectivity index (χ2n) is 7.20. The molecule has 0 bridgehead atoms. The van der Waals surface area contributed by atoms with Crippen molar-refractivity contribution in [1.29, 1.82) is 0 Å². The normalized spacial score (nSPS) is 27.7. The van der Waals surface area contributed by atoms with Crippen LogP contribution in [0.25, 0.3) is 0 Å². The summed E-state index contributed by atoms with van der Waals surface area (Å²) in [6.45, 7) is 8.30. The van der Waals surface area contributed by atoms with Gasteiger partial charge in [-0.15, -0.1) is 0 Å². The van der Waals surface area contributed by atoms with Gasteiger partial charge in [0, 0.05) is 6.04 Å². The van der Waals surface area contributed by atoms with Crippen molar-refractivity contribution in [3.05, 3.63) is 0 Å².